The van der Waals surface area contributed by atoms with E-state index < -0.39 is 11.7 Å². The second kappa shape index (κ2) is 7.86. The highest BCUT2D eigenvalue weighted by molar-refractivity contribution is 5.92. The van der Waals surface area contributed by atoms with Crippen molar-refractivity contribution in [1.29, 1.82) is 0 Å². The predicted molar refractivity (Wildman–Crippen MR) is 100 cm³/mol. The summed E-state index contributed by atoms with van der Waals surface area (Å²) in [6, 6.07) is 13.2. The highest BCUT2D eigenvalue weighted by atomic mass is 19.4. The van der Waals surface area contributed by atoms with E-state index >= 15 is 0 Å². The first-order chi connectivity index (χ1) is 12.8. The van der Waals surface area contributed by atoms with Gasteiger partial charge >= 0.3 is 6.18 Å². The fourth-order valence-corrected chi connectivity index (χ4v) is 3.11. The molecular weight excluding hydrogens is 353 g/mol. The molecule has 6 heteroatoms. The van der Waals surface area contributed by atoms with Gasteiger partial charge in [0.25, 0.3) is 0 Å². The SMILES string of the molecule is Cc1cccc(/C=C/C(=O)N2CCN(c3cccc(C(F)(F)F)c3)CC2)c1. The van der Waals surface area contributed by atoms with Crippen LogP contribution in [0.15, 0.2) is 54.6 Å². The number of carbonyl (C=O) groups excluding carboxylic acids is 1. The van der Waals surface area contributed by atoms with Gasteiger partial charge in [-0.3, -0.25) is 4.79 Å². The van der Waals surface area contributed by atoms with Crippen molar-refractivity contribution in [3.8, 4) is 0 Å². The number of nitrogens with zero attached hydrogens (tertiary/aromatic N) is 2. The van der Waals surface area contributed by atoms with Crippen molar-refractivity contribution in [2.75, 3.05) is 31.1 Å². The summed E-state index contributed by atoms with van der Waals surface area (Å²) in [7, 11) is 0. The largest absolute Gasteiger partial charge is 0.416 e. The summed E-state index contributed by atoms with van der Waals surface area (Å²) in [6.07, 6.45) is -1.02. The first-order valence-electron chi connectivity index (χ1n) is 8.79. The van der Waals surface area contributed by atoms with Gasteiger partial charge in [0.1, 0.15) is 0 Å². The second-order valence-corrected chi connectivity index (χ2v) is 6.61. The number of benzene rings is 2. The van der Waals surface area contributed by atoms with Crippen LogP contribution in [0.5, 0.6) is 0 Å². The van der Waals surface area contributed by atoms with Crippen molar-refractivity contribution in [2.45, 2.75) is 13.1 Å². The van der Waals surface area contributed by atoms with Gasteiger partial charge in [0.05, 0.1) is 5.56 Å². The van der Waals surface area contributed by atoms with Crippen molar-refractivity contribution in [2.24, 2.45) is 0 Å². The number of anilines is 1. The molecule has 0 atom stereocenters. The lowest BCUT2D eigenvalue weighted by molar-refractivity contribution is -0.137. The van der Waals surface area contributed by atoms with E-state index in [1.807, 2.05) is 36.1 Å². The van der Waals surface area contributed by atoms with Crippen LogP contribution >= 0.6 is 0 Å². The van der Waals surface area contributed by atoms with Gasteiger partial charge in [-0.15, -0.1) is 0 Å². The third kappa shape index (κ3) is 4.90. The molecule has 2 aromatic carbocycles. The van der Waals surface area contributed by atoms with Crippen LogP contribution in [-0.4, -0.2) is 37.0 Å². The highest BCUT2D eigenvalue weighted by Gasteiger charge is 2.31. The third-order valence-electron chi connectivity index (χ3n) is 4.59. The molecule has 27 heavy (non-hydrogen) atoms. The number of carbonyl (C=O) groups is 1. The van der Waals surface area contributed by atoms with E-state index in [0.717, 1.165) is 23.3 Å². The fourth-order valence-electron chi connectivity index (χ4n) is 3.11. The molecule has 3 rings (SSSR count). The Morgan fingerprint density at radius 1 is 1.00 bits per heavy atom. The number of rotatable bonds is 3. The summed E-state index contributed by atoms with van der Waals surface area (Å²) in [5, 5.41) is 0. The van der Waals surface area contributed by atoms with Gasteiger partial charge in [-0.05, 0) is 36.8 Å². The zero-order valence-electron chi connectivity index (χ0n) is 15.0. The molecule has 0 bridgehead atoms. The molecule has 142 valence electrons. The summed E-state index contributed by atoms with van der Waals surface area (Å²) in [5.74, 6) is -0.0831. The van der Waals surface area contributed by atoms with Crippen LogP contribution < -0.4 is 4.90 Å². The van der Waals surface area contributed by atoms with Crippen molar-refractivity contribution >= 4 is 17.7 Å². The zero-order chi connectivity index (χ0) is 19.4. The maximum absolute atomic E-state index is 12.9. The Labute approximate surface area is 156 Å². The molecule has 1 heterocycles. The molecule has 0 radical (unpaired) electrons. The quantitative estimate of drug-likeness (QED) is 0.745. The first kappa shape index (κ1) is 19.0. The van der Waals surface area contributed by atoms with Crippen molar-refractivity contribution in [3.63, 3.8) is 0 Å². The molecule has 1 aliphatic heterocycles. The predicted octanol–water partition coefficient (Wildman–Crippen LogP) is 4.38. The van der Waals surface area contributed by atoms with Gasteiger partial charge < -0.3 is 9.80 Å². The van der Waals surface area contributed by atoms with Crippen LogP contribution in [0.25, 0.3) is 6.08 Å². The Bertz CT molecular complexity index is 837. The van der Waals surface area contributed by atoms with Crippen LogP contribution in [0.1, 0.15) is 16.7 Å². The molecule has 0 aliphatic carbocycles. The lowest BCUT2D eigenvalue weighted by Crippen LogP contribution is -2.48. The van der Waals surface area contributed by atoms with E-state index in [9.17, 15) is 18.0 Å². The Balaban J connectivity index is 1.59. The molecule has 1 saturated heterocycles. The normalized spacial score (nSPS) is 15.4. The standard InChI is InChI=1S/C21H21F3N2O/c1-16-4-2-5-17(14-16)8-9-20(27)26-12-10-25(11-13-26)19-7-3-6-18(15-19)21(22,23)24/h2-9,14-15H,10-13H2,1H3/b9-8+. The molecule has 0 unspecified atom stereocenters. The van der Waals surface area contributed by atoms with Gasteiger partial charge in [0.15, 0.2) is 0 Å². The monoisotopic (exact) mass is 374 g/mol. The molecule has 0 saturated carbocycles. The van der Waals surface area contributed by atoms with Crippen LogP contribution in [0.4, 0.5) is 18.9 Å². The Morgan fingerprint density at radius 3 is 2.37 bits per heavy atom. The number of alkyl halides is 3. The number of piperazine rings is 1. The minimum absolute atomic E-state index is 0.0831. The maximum Gasteiger partial charge on any atom is 0.416 e. The van der Waals surface area contributed by atoms with Gasteiger partial charge in [-0.1, -0.05) is 35.9 Å². The number of hydrogen-bond acceptors (Lipinski definition) is 2. The van der Waals surface area contributed by atoms with Crippen LogP contribution in [0.2, 0.25) is 0 Å². The van der Waals surface area contributed by atoms with E-state index in [-0.39, 0.29) is 5.91 Å². The zero-order valence-corrected chi connectivity index (χ0v) is 15.0. The minimum atomic E-state index is -4.35. The number of hydrogen-bond donors (Lipinski definition) is 0. The van der Waals surface area contributed by atoms with E-state index in [0.29, 0.717) is 31.9 Å². The van der Waals surface area contributed by atoms with E-state index in [1.54, 1.807) is 23.1 Å². The van der Waals surface area contributed by atoms with Gasteiger partial charge in [0, 0.05) is 37.9 Å². The Kier molecular flexibility index (Phi) is 5.54. The molecule has 1 fully saturated rings. The van der Waals surface area contributed by atoms with Gasteiger partial charge in [-0.2, -0.15) is 13.2 Å². The molecule has 0 aromatic heterocycles. The van der Waals surface area contributed by atoms with E-state index in [1.165, 1.54) is 6.07 Å². The van der Waals surface area contributed by atoms with Crippen LogP contribution in [0.3, 0.4) is 0 Å². The van der Waals surface area contributed by atoms with E-state index in [4.69, 9.17) is 0 Å². The molecule has 0 spiro atoms. The lowest BCUT2D eigenvalue weighted by atomic mass is 10.1. The van der Waals surface area contributed by atoms with Gasteiger partial charge in [-0.25, -0.2) is 0 Å². The Morgan fingerprint density at radius 2 is 1.70 bits per heavy atom. The summed E-state index contributed by atoms with van der Waals surface area (Å²) >= 11 is 0. The molecule has 3 nitrogen and oxygen atoms in total. The molecule has 0 N–H and O–H groups in total. The second-order valence-electron chi connectivity index (χ2n) is 6.61. The molecule has 1 aliphatic rings. The van der Waals surface area contributed by atoms with Gasteiger partial charge in [0.2, 0.25) is 5.91 Å². The number of amides is 1. The topological polar surface area (TPSA) is 23.6 Å². The van der Waals surface area contributed by atoms with Crippen molar-refractivity contribution in [3.05, 3.63) is 71.3 Å². The van der Waals surface area contributed by atoms with Crippen molar-refractivity contribution < 1.29 is 18.0 Å². The number of aryl methyl sites for hydroxylation is 1. The summed E-state index contributed by atoms with van der Waals surface area (Å²) in [5.41, 5.74) is 1.97. The third-order valence-corrected chi connectivity index (χ3v) is 4.59. The average Bonchev–Trinajstić information content (AvgIpc) is 2.66. The van der Waals surface area contributed by atoms with Crippen LogP contribution in [0, 0.1) is 6.92 Å². The molecule has 2 aromatic rings. The number of halogens is 3. The van der Waals surface area contributed by atoms with E-state index in [2.05, 4.69) is 0 Å². The smallest absolute Gasteiger partial charge is 0.368 e. The molecular formula is C21H21F3N2O. The lowest BCUT2D eigenvalue weighted by Gasteiger charge is -2.35. The maximum atomic E-state index is 12.9. The van der Waals surface area contributed by atoms with Crippen LogP contribution in [-0.2, 0) is 11.0 Å². The Hall–Kier alpha value is -2.76. The summed E-state index contributed by atoms with van der Waals surface area (Å²) in [6.45, 7) is 3.96. The summed E-state index contributed by atoms with van der Waals surface area (Å²) < 4.78 is 38.6. The molecule has 1 amide bonds. The average molecular weight is 374 g/mol. The highest BCUT2D eigenvalue weighted by Crippen LogP contribution is 2.31. The first-order valence-corrected chi connectivity index (χ1v) is 8.79. The minimum Gasteiger partial charge on any atom is -0.368 e. The fraction of sp³-hybridized carbons (Fsp3) is 0.286. The summed E-state index contributed by atoms with van der Waals surface area (Å²) in [4.78, 5) is 16.0. The van der Waals surface area contributed by atoms with Crippen molar-refractivity contribution in [1.82, 2.24) is 4.90 Å².